The highest BCUT2D eigenvalue weighted by molar-refractivity contribution is 7.15. The molecule has 150 valence electrons. The van der Waals surface area contributed by atoms with E-state index in [2.05, 4.69) is 56.5 Å². The van der Waals surface area contributed by atoms with Crippen molar-refractivity contribution in [2.75, 3.05) is 31.1 Å². The molecular weight excluding hydrogens is 370 g/mol. The van der Waals surface area contributed by atoms with E-state index in [-0.39, 0.29) is 5.91 Å². The maximum absolute atomic E-state index is 12.2. The number of carbonyl (C=O) groups is 1. The minimum Gasteiger partial charge on any atom is -0.353 e. The van der Waals surface area contributed by atoms with Gasteiger partial charge in [0, 0.05) is 38.8 Å². The number of aromatic nitrogens is 2. The third-order valence-corrected chi connectivity index (χ3v) is 6.64. The first-order valence-electron chi connectivity index (χ1n) is 10.3. The highest BCUT2D eigenvalue weighted by Gasteiger charge is 2.22. The molecule has 2 fully saturated rings. The molecule has 1 aliphatic carbocycles. The molecule has 0 spiro atoms. The summed E-state index contributed by atoms with van der Waals surface area (Å²) >= 11 is 1.56. The SMILES string of the molecule is Cc1ccc(CN2CCN(c3nnc(CC(=O)NC4CCCC4)s3)CC2)cc1. The van der Waals surface area contributed by atoms with Crippen LogP contribution in [0.1, 0.15) is 41.8 Å². The Bertz CT molecular complexity index is 776. The Hall–Kier alpha value is -1.99. The summed E-state index contributed by atoms with van der Waals surface area (Å²) in [5, 5.41) is 13.5. The van der Waals surface area contributed by atoms with Crippen molar-refractivity contribution in [1.82, 2.24) is 20.4 Å². The molecule has 1 saturated heterocycles. The van der Waals surface area contributed by atoms with Crippen LogP contribution in [-0.4, -0.2) is 53.2 Å². The van der Waals surface area contributed by atoms with Crippen molar-refractivity contribution >= 4 is 22.4 Å². The van der Waals surface area contributed by atoms with E-state index < -0.39 is 0 Å². The summed E-state index contributed by atoms with van der Waals surface area (Å²) in [4.78, 5) is 17.0. The second-order valence-corrected chi connectivity index (χ2v) is 8.99. The maximum atomic E-state index is 12.2. The van der Waals surface area contributed by atoms with E-state index in [1.807, 2.05) is 0 Å². The van der Waals surface area contributed by atoms with E-state index in [0.29, 0.717) is 12.5 Å². The van der Waals surface area contributed by atoms with Crippen LogP contribution >= 0.6 is 11.3 Å². The summed E-state index contributed by atoms with van der Waals surface area (Å²) in [5.41, 5.74) is 2.67. The van der Waals surface area contributed by atoms with Gasteiger partial charge < -0.3 is 10.2 Å². The molecule has 1 aromatic heterocycles. The van der Waals surface area contributed by atoms with E-state index in [9.17, 15) is 4.79 Å². The summed E-state index contributed by atoms with van der Waals surface area (Å²) < 4.78 is 0. The van der Waals surface area contributed by atoms with Crippen molar-refractivity contribution in [2.45, 2.75) is 51.6 Å². The van der Waals surface area contributed by atoms with Crippen molar-refractivity contribution in [3.05, 3.63) is 40.4 Å². The fourth-order valence-corrected chi connectivity index (χ4v) is 4.87. The first-order valence-corrected chi connectivity index (χ1v) is 11.1. The molecule has 0 bridgehead atoms. The Balaban J connectivity index is 1.24. The maximum Gasteiger partial charge on any atom is 0.227 e. The second kappa shape index (κ2) is 9.01. The third-order valence-electron chi connectivity index (χ3n) is 5.66. The average Bonchev–Trinajstić information content (AvgIpc) is 3.36. The molecule has 0 radical (unpaired) electrons. The zero-order chi connectivity index (χ0) is 19.3. The molecule has 4 rings (SSSR count). The molecule has 2 aliphatic rings. The normalized spacial score (nSPS) is 18.5. The quantitative estimate of drug-likeness (QED) is 0.809. The molecule has 28 heavy (non-hydrogen) atoms. The predicted octanol–water partition coefficient (Wildman–Crippen LogP) is 2.77. The number of hydrogen-bond acceptors (Lipinski definition) is 6. The number of anilines is 1. The highest BCUT2D eigenvalue weighted by atomic mass is 32.1. The largest absolute Gasteiger partial charge is 0.353 e. The van der Waals surface area contributed by atoms with Gasteiger partial charge in [-0.1, -0.05) is 54.0 Å². The smallest absolute Gasteiger partial charge is 0.227 e. The topological polar surface area (TPSA) is 61.4 Å². The van der Waals surface area contributed by atoms with Gasteiger partial charge in [-0.2, -0.15) is 0 Å². The zero-order valence-electron chi connectivity index (χ0n) is 16.6. The van der Waals surface area contributed by atoms with E-state index >= 15 is 0 Å². The van der Waals surface area contributed by atoms with E-state index in [4.69, 9.17) is 0 Å². The molecule has 0 atom stereocenters. The molecule has 1 amide bonds. The summed E-state index contributed by atoms with van der Waals surface area (Å²) in [5.74, 6) is 0.0810. The van der Waals surface area contributed by atoms with Crippen molar-refractivity contribution in [3.8, 4) is 0 Å². The van der Waals surface area contributed by atoms with Crippen LogP contribution in [0.4, 0.5) is 5.13 Å². The third kappa shape index (κ3) is 5.08. The van der Waals surface area contributed by atoms with Gasteiger partial charge in [0.05, 0.1) is 6.42 Å². The van der Waals surface area contributed by atoms with Gasteiger partial charge in [-0.15, -0.1) is 10.2 Å². The Morgan fingerprint density at radius 3 is 2.54 bits per heavy atom. The first-order chi connectivity index (χ1) is 13.7. The van der Waals surface area contributed by atoms with Gasteiger partial charge in [0.15, 0.2) is 0 Å². The van der Waals surface area contributed by atoms with Crippen LogP contribution in [0.3, 0.4) is 0 Å². The fourth-order valence-electron chi connectivity index (χ4n) is 3.98. The Labute approximate surface area is 171 Å². The molecule has 1 N–H and O–H groups in total. The molecule has 2 heterocycles. The van der Waals surface area contributed by atoms with Crippen molar-refractivity contribution < 1.29 is 4.79 Å². The van der Waals surface area contributed by atoms with Gasteiger partial charge in [0.25, 0.3) is 0 Å². The lowest BCUT2D eigenvalue weighted by Gasteiger charge is -2.34. The van der Waals surface area contributed by atoms with Crippen LogP contribution in [0.25, 0.3) is 0 Å². The van der Waals surface area contributed by atoms with Gasteiger partial charge >= 0.3 is 0 Å². The van der Waals surface area contributed by atoms with E-state index in [1.54, 1.807) is 11.3 Å². The van der Waals surface area contributed by atoms with Gasteiger partial charge in [0.2, 0.25) is 11.0 Å². The van der Waals surface area contributed by atoms with E-state index in [0.717, 1.165) is 55.7 Å². The predicted molar refractivity (Wildman–Crippen MR) is 113 cm³/mol. The first kappa shape index (κ1) is 19.3. The molecule has 0 unspecified atom stereocenters. The molecule has 2 aromatic rings. The van der Waals surface area contributed by atoms with Crippen LogP contribution in [-0.2, 0) is 17.8 Å². The molecule has 1 aromatic carbocycles. The number of hydrogen-bond donors (Lipinski definition) is 1. The van der Waals surface area contributed by atoms with Gasteiger partial charge in [0.1, 0.15) is 5.01 Å². The summed E-state index contributed by atoms with van der Waals surface area (Å²) in [6.45, 7) is 7.06. The van der Waals surface area contributed by atoms with E-state index in [1.165, 1.54) is 24.0 Å². The van der Waals surface area contributed by atoms with Crippen molar-refractivity contribution in [3.63, 3.8) is 0 Å². The molecule has 1 aliphatic heterocycles. The minimum absolute atomic E-state index is 0.0810. The molecular formula is C21H29N5OS. The summed E-state index contributed by atoms with van der Waals surface area (Å²) in [6, 6.07) is 9.15. The number of nitrogens with zero attached hydrogens (tertiary/aromatic N) is 4. The number of benzene rings is 1. The molecule has 7 heteroatoms. The highest BCUT2D eigenvalue weighted by Crippen LogP contribution is 2.23. The summed E-state index contributed by atoms with van der Waals surface area (Å²) in [6.07, 6.45) is 5.02. The fraction of sp³-hybridized carbons (Fsp3) is 0.571. The number of amides is 1. The van der Waals surface area contributed by atoms with Crippen LogP contribution in [0.15, 0.2) is 24.3 Å². The molecule has 6 nitrogen and oxygen atoms in total. The van der Waals surface area contributed by atoms with Crippen molar-refractivity contribution in [1.29, 1.82) is 0 Å². The van der Waals surface area contributed by atoms with Gasteiger partial charge in [-0.05, 0) is 25.3 Å². The van der Waals surface area contributed by atoms with Gasteiger partial charge in [-0.3, -0.25) is 9.69 Å². The number of carbonyl (C=O) groups excluding carboxylic acids is 1. The lowest BCUT2D eigenvalue weighted by Crippen LogP contribution is -2.45. The monoisotopic (exact) mass is 399 g/mol. The number of nitrogens with one attached hydrogen (secondary N) is 1. The van der Waals surface area contributed by atoms with Crippen LogP contribution in [0.5, 0.6) is 0 Å². The number of piperazine rings is 1. The van der Waals surface area contributed by atoms with Crippen LogP contribution in [0, 0.1) is 6.92 Å². The lowest BCUT2D eigenvalue weighted by molar-refractivity contribution is -0.121. The van der Waals surface area contributed by atoms with Gasteiger partial charge in [-0.25, -0.2) is 0 Å². The second-order valence-electron chi connectivity index (χ2n) is 7.95. The lowest BCUT2D eigenvalue weighted by atomic mass is 10.1. The number of aryl methyl sites for hydroxylation is 1. The molecule has 1 saturated carbocycles. The van der Waals surface area contributed by atoms with Crippen molar-refractivity contribution in [2.24, 2.45) is 0 Å². The average molecular weight is 400 g/mol. The Morgan fingerprint density at radius 2 is 1.82 bits per heavy atom. The Morgan fingerprint density at radius 1 is 1.11 bits per heavy atom. The number of rotatable bonds is 6. The minimum atomic E-state index is 0.0810. The van der Waals surface area contributed by atoms with Crippen LogP contribution in [0.2, 0.25) is 0 Å². The standard InChI is InChI=1S/C21H29N5OS/c1-16-6-8-17(9-7-16)15-25-10-12-26(13-11-25)21-24-23-20(28-21)14-19(27)22-18-4-2-3-5-18/h6-9,18H,2-5,10-15H2,1H3,(H,22,27). The Kier molecular flexibility index (Phi) is 6.22. The summed E-state index contributed by atoms with van der Waals surface area (Å²) in [7, 11) is 0. The van der Waals surface area contributed by atoms with Crippen LogP contribution < -0.4 is 10.2 Å². The zero-order valence-corrected chi connectivity index (χ0v) is 17.4.